The molecule has 0 aliphatic carbocycles. The maximum Gasteiger partial charge on any atom is 0.0912 e. The lowest BCUT2D eigenvalue weighted by Crippen LogP contribution is -2.10. The Hall–Kier alpha value is -0.890. The van der Waals surface area contributed by atoms with Crippen molar-refractivity contribution in [3.63, 3.8) is 0 Å². The first kappa shape index (κ1) is 9.20. The van der Waals surface area contributed by atoms with Gasteiger partial charge in [0.2, 0.25) is 0 Å². The lowest BCUT2D eigenvalue weighted by Gasteiger charge is -2.09. The van der Waals surface area contributed by atoms with Crippen molar-refractivity contribution in [2.24, 2.45) is 5.73 Å². The Balaban J connectivity index is 2.68. The number of benzene rings is 1. The SMILES string of the molecule is Cc1ccc([C@@H](N)CCF)cc1. The standard InChI is InChI=1S/C10H14FN/c1-8-2-4-9(5-3-8)10(12)6-7-11/h2-5,10H,6-7,12H2,1H3/t10-/m0/s1. The van der Waals surface area contributed by atoms with E-state index in [1.165, 1.54) is 5.56 Å². The van der Waals surface area contributed by atoms with Gasteiger partial charge in [0.05, 0.1) is 6.67 Å². The van der Waals surface area contributed by atoms with E-state index in [9.17, 15) is 4.39 Å². The largest absolute Gasteiger partial charge is 0.324 e. The van der Waals surface area contributed by atoms with Crippen molar-refractivity contribution in [3.8, 4) is 0 Å². The normalized spacial score (nSPS) is 12.9. The second kappa shape index (κ2) is 4.21. The van der Waals surface area contributed by atoms with Crippen LogP contribution in [-0.4, -0.2) is 6.67 Å². The second-order valence-corrected chi connectivity index (χ2v) is 2.99. The summed E-state index contributed by atoms with van der Waals surface area (Å²) in [6.07, 6.45) is 0.406. The zero-order valence-electron chi connectivity index (χ0n) is 7.26. The Labute approximate surface area is 72.4 Å². The topological polar surface area (TPSA) is 26.0 Å². The molecular weight excluding hydrogens is 153 g/mol. The van der Waals surface area contributed by atoms with Gasteiger partial charge in [0.15, 0.2) is 0 Å². The molecule has 0 radical (unpaired) electrons. The summed E-state index contributed by atoms with van der Waals surface area (Å²) in [6.45, 7) is 1.67. The van der Waals surface area contributed by atoms with Crippen LogP contribution in [0.1, 0.15) is 23.6 Å². The van der Waals surface area contributed by atoms with Crippen LogP contribution in [0.5, 0.6) is 0 Å². The number of rotatable bonds is 3. The predicted octanol–water partition coefficient (Wildman–Crippen LogP) is 2.35. The Morgan fingerprint density at radius 1 is 1.33 bits per heavy atom. The molecule has 2 N–H and O–H groups in total. The highest BCUT2D eigenvalue weighted by Crippen LogP contribution is 2.14. The van der Waals surface area contributed by atoms with E-state index in [1.54, 1.807) is 0 Å². The summed E-state index contributed by atoms with van der Waals surface area (Å²) in [7, 11) is 0. The number of alkyl halides is 1. The minimum atomic E-state index is -0.352. The first-order valence-electron chi connectivity index (χ1n) is 4.12. The van der Waals surface area contributed by atoms with Crippen molar-refractivity contribution in [1.82, 2.24) is 0 Å². The molecule has 0 unspecified atom stereocenters. The maximum absolute atomic E-state index is 11.9. The maximum atomic E-state index is 11.9. The van der Waals surface area contributed by atoms with Gasteiger partial charge in [-0.3, -0.25) is 4.39 Å². The van der Waals surface area contributed by atoms with E-state index in [0.29, 0.717) is 6.42 Å². The van der Waals surface area contributed by atoms with Crippen molar-refractivity contribution < 1.29 is 4.39 Å². The number of halogens is 1. The van der Waals surface area contributed by atoms with E-state index in [2.05, 4.69) is 0 Å². The number of aryl methyl sites for hydroxylation is 1. The summed E-state index contributed by atoms with van der Waals surface area (Å²) in [5.74, 6) is 0. The fourth-order valence-corrected chi connectivity index (χ4v) is 1.10. The van der Waals surface area contributed by atoms with Crippen LogP contribution in [0.3, 0.4) is 0 Å². The molecule has 0 saturated heterocycles. The molecule has 12 heavy (non-hydrogen) atoms. The van der Waals surface area contributed by atoms with Gasteiger partial charge in [-0.15, -0.1) is 0 Å². The molecule has 1 nitrogen and oxygen atoms in total. The van der Waals surface area contributed by atoms with Crippen molar-refractivity contribution in [2.45, 2.75) is 19.4 Å². The van der Waals surface area contributed by atoms with Crippen LogP contribution in [0.2, 0.25) is 0 Å². The smallest absolute Gasteiger partial charge is 0.0912 e. The van der Waals surface area contributed by atoms with Crippen LogP contribution in [0.4, 0.5) is 4.39 Å². The summed E-state index contributed by atoms with van der Waals surface area (Å²) in [5.41, 5.74) is 7.93. The van der Waals surface area contributed by atoms with Gasteiger partial charge in [-0.1, -0.05) is 29.8 Å². The van der Waals surface area contributed by atoms with Crippen LogP contribution in [0.15, 0.2) is 24.3 Å². The average Bonchev–Trinajstić information content (AvgIpc) is 2.06. The molecule has 1 aromatic carbocycles. The lowest BCUT2D eigenvalue weighted by atomic mass is 10.0. The van der Waals surface area contributed by atoms with Crippen LogP contribution in [0, 0.1) is 6.92 Å². The summed E-state index contributed by atoms with van der Waals surface area (Å²) >= 11 is 0. The van der Waals surface area contributed by atoms with E-state index in [0.717, 1.165) is 5.56 Å². The fraction of sp³-hybridized carbons (Fsp3) is 0.400. The zero-order valence-corrected chi connectivity index (χ0v) is 7.26. The van der Waals surface area contributed by atoms with E-state index in [1.807, 2.05) is 31.2 Å². The van der Waals surface area contributed by atoms with Gasteiger partial charge in [-0.05, 0) is 18.9 Å². The molecule has 0 saturated carbocycles. The molecule has 0 amide bonds. The van der Waals surface area contributed by atoms with Gasteiger partial charge in [-0.25, -0.2) is 0 Å². The molecule has 66 valence electrons. The fourth-order valence-electron chi connectivity index (χ4n) is 1.10. The second-order valence-electron chi connectivity index (χ2n) is 2.99. The number of hydrogen-bond acceptors (Lipinski definition) is 1. The van der Waals surface area contributed by atoms with Crippen molar-refractivity contribution in [3.05, 3.63) is 35.4 Å². The first-order valence-corrected chi connectivity index (χ1v) is 4.12. The summed E-state index contributed by atoms with van der Waals surface area (Å²) in [5, 5.41) is 0. The molecule has 1 aromatic rings. The van der Waals surface area contributed by atoms with E-state index in [-0.39, 0.29) is 12.7 Å². The van der Waals surface area contributed by atoms with Crippen LogP contribution in [-0.2, 0) is 0 Å². The van der Waals surface area contributed by atoms with E-state index < -0.39 is 0 Å². The molecule has 0 fully saturated rings. The van der Waals surface area contributed by atoms with Gasteiger partial charge in [0, 0.05) is 6.04 Å². The van der Waals surface area contributed by atoms with Crippen LogP contribution < -0.4 is 5.73 Å². The quantitative estimate of drug-likeness (QED) is 0.734. The molecule has 0 aliphatic heterocycles. The summed E-state index contributed by atoms with van der Waals surface area (Å²) in [4.78, 5) is 0. The van der Waals surface area contributed by atoms with Crippen LogP contribution >= 0.6 is 0 Å². The highest BCUT2D eigenvalue weighted by molar-refractivity contribution is 5.23. The van der Waals surface area contributed by atoms with Gasteiger partial charge < -0.3 is 5.73 Å². The summed E-state index contributed by atoms with van der Waals surface area (Å²) < 4.78 is 11.9. The van der Waals surface area contributed by atoms with Crippen molar-refractivity contribution in [1.29, 1.82) is 0 Å². The average molecular weight is 167 g/mol. The lowest BCUT2D eigenvalue weighted by molar-refractivity contribution is 0.442. The minimum absolute atomic E-state index is 0.157. The van der Waals surface area contributed by atoms with E-state index >= 15 is 0 Å². The molecule has 0 bridgehead atoms. The predicted molar refractivity (Wildman–Crippen MR) is 48.7 cm³/mol. The van der Waals surface area contributed by atoms with Crippen LogP contribution in [0.25, 0.3) is 0 Å². The molecule has 0 heterocycles. The van der Waals surface area contributed by atoms with Crippen molar-refractivity contribution >= 4 is 0 Å². The highest BCUT2D eigenvalue weighted by atomic mass is 19.1. The highest BCUT2D eigenvalue weighted by Gasteiger charge is 2.03. The molecule has 0 aliphatic rings. The Kier molecular flexibility index (Phi) is 3.23. The molecule has 1 atom stereocenters. The molecule has 1 rings (SSSR count). The molecule has 0 aromatic heterocycles. The summed E-state index contributed by atoms with van der Waals surface area (Å²) in [6, 6.07) is 7.74. The van der Waals surface area contributed by atoms with Gasteiger partial charge in [0.25, 0.3) is 0 Å². The first-order chi connectivity index (χ1) is 5.74. The van der Waals surface area contributed by atoms with Gasteiger partial charge in [0.1, 0.15) is 0 Å². The van der Waals surface area contributed by atoms with Gasteiger partial charge >= 0.3 is 0 Å². The molecule has 2 heteroatoms. The van der Waals surface area contributed by atoms with Gasteiger partial charge in [-0.2, -0.15) is 0 Å². The molecule has 0 spiro atoms. The third kappa shape index (κ3) is 2.31. The zero-order chi connectivity index (χ0) is 8.97. The van der Waals surface area contributed by atoms with E-state index in [4.69, 9.17) is 5.73 Å². The Bertz CT molecular complexity index is 230. The van der Waals surface area contributed by atoms with Crippen molar-refractivity contribution in [2.75, 3.05) is 6.67 Å². The molecular formula is C10H14FN. The minimum Gasteiger partial charge on any atom is -0.324 e. The third-order valence-corrected chi connectivity index (χ3v) is 1.93. The Morgan fingerprint density at radius 2 is 1.92 bits per heavy atom. The Morgan fingerprint density at radius 3 is 2.42 bits per heavy atom. The monoisotopic (exact) mass is 167 g/mol. The third-order valence-electron chi connectivity index (χ3n) is 1.93. The number of nitrogens with two attached hydrogens (primary N) is 1. The number of hydrogen-bond donors (Lipinski definition) is 1.